The highest BCUT2D eigenvalue weighted by Crippen LogP contribution is 2.56. The van der Waals surface area contributed by atoms with E-state index >= 15 is 0 Å². The second-order valence-electron chi connectivity index (χ2n) is 18.1. The lowest BCUT2D eigenvalue weighted by atomic mass is 9.49. The molecule has 3 aliphatic heterocycles. The molecule has 0 bridgehead atoms. The Balaban J connectivity index is 0.00000514. The molecule has 0 unspecified atom stereocenters. The lowest BCUT2D eigenvalue weighted by Crippen LogP contribution is -2.74. The van der Waals surface area contributed by atoms with E-state index < -0.39 is 0 Å². The van der Waals surface area contributed by atoms with Crippen molar-refractivity contribution in [1.82, 2.24) is 35.1 Å². The summed E-state index contributed by atoms with van der Waals surface area (Å²) in [7, 11) is 0. The standard InChI is InChI=1S/C46H52N10O4.ClH/c1-45(2)42(46(3,4)43(45)60-36-9-7-30(26-47)39-34(36)6-5-18-48-39)52-41(58)31-8-10-37(50-27-31)54-22-12-29(13-23-54)28-53-20-14-32(15-21-53)55-24-16-33-35(11-19-49-40(33)55)56-25-17-38(57)51-44(56)59;/h5-11,16,18-19,24,27,29,32,42-43H,12-15,17,20-23,25,28H2,1-4H3,(H,52,58)(H,51,57,59);1H/t42-,43-;. The first-order valence-corrected chi connectivity index (χ1v) is 21.2. The topological polar surface area (TPSA) is 162 Å². The number of urea groups is 1. The van der Waals surface area contributed by atoms with Crippen LogP contribution in [0.25, 0.3) is 21.9 Å². The molecule has 3 saturated heterocycles. The summed E-state index contributed by atoms with van der Waals surface area (Å²) in [5.74, 6) is 1.82. The Morgan fingerprint density at radius 3 is 2.38 bits per heavy atom. The molecule has 5 aromatic rings. The minimum absolute atomic E-state index is 0. The van der Waals surface area contributed by atoms with Gasteiger partial charge in [-0.1, -0.05) is 27.7 Å². The van der Waals surface area contributed by atoms with Crippen molar-refractivity contribution in [2.24, 2.45) is 16.7 Å². The fourth-order valence-electron chi connectivity index (χ4n) is 10.6. The van der Waals surface area contributed by atoms with Gasteiger partial charge >= 0.3 is 6.03 Å². The van der Waals surface area contributed by atoms with E-state index in [2.05, 4.69) is 69.9 Å². The summed E-state index contributed by atoms with van der Waals surface area (Å²) in [5.41, 5.74) is 2.60. The summed E-state index contributed by atoms with van der Waals surface area (Å²) in [6.07, 6.45) is 11.6. The summed E-state index contributed by atoms with van der Waals surface area (Å²) in [4.78, 5) is 58.3. The Labute approximate surface area is 362 Å². The summed E-state index contributed by atoms with van der Waals surface area (Å²) in [6, 6.07) is 17.2. The van der Waals surface area contributed by atoms with Crippen LogP contribution in [-0.4, -0.2) is 93.7 Å². The van der Waals surface area contributed by atoms with E-state index in [0.29, 0.717) is 40.9 Å². The van der Waals surface area contributed by atoms with Crippen molar-refractivity contribution in [3.63, 3.8) is 0 Å². The summed E-state index contributed by atoms with van der Waals surface area (Å²) in [5, 5.41) is 17.0. The van der Waals surface area contributed by atoms with Crippen LogP contribution >= 0.6 is 12.4 Å². The number of likely N-dealkylation sites (tertiary alicyclic amines) is 1. The smallest absolute Gasteiger partial charge is 0.328 e. The molecular weight excluding hydrogens is 792 g/mol. The van der Waals surface area contributed by atoms with Gasteiger partial charge in [0.25, 0.3) is 5.91 Å². The Morgan fingerprint density at radius 2 is 1.67 bits per heavy atom. The molecule has 1 saturated carbocycles. The SMILES string of the molecule is CC1(C)[C@H](NC(=O)c2ccc(N3CCC(CN4CCC(n5ccc6c(N7CCC(=O)NC7=O)ccnc65)CC4)CC3)nc2)C(C)(C)[C@H]1Oc1ccc(C#N)c2ncccc12.Cl. The van der Waals surface area contributed by atoms with Crippen molar-refractivity contribution >= 4 is 63.7 Å². The number of anilines is 2. The van der Waals surface area contributed by atoms with E-state index in [4.69, 9.17) is 14.7 Å². The number of carbonyl (C=O) groups is 3. The highest BCUT2D eigenvalue weighted by atomic mass is 35.5. The number of ether oxygens (including phenoxy) is 1. The number of hydrogen-bond donors (Lipinski definition) is 2. The molecular formula is C46H53ClN10O4. The van der Waals surface area contributed by atoms with Crippen LogP contribution in [-0.2, 0) is 4.79 Å². The van der Waals surface area contributed by atoms with Crippen LogP contribution in [0.15, 0.2) is 73.3 Å². The van der Waals surface area contributed by atoms with Crippen molar-refractivity contribution in [2.75, 3.05) is 49.1 Å². The number of hydrogen-bond acceptors (Lipinski definition) is 10. The van der Waals surface area contributed by atoms with Gasteiger partial charge in [-0.3, -0.25) is 24.8 Å². The molecule has 15 heteroatoms. The van der Waals surface area contributed by atoms with Crippen molar-refractivity contribution in [1.29, 1.82) is 5.26 Å². The number of aromatic nitrogens is 4. The minimum Gasteiger partial charge on any atom is -0.488 e. The Kier molecular flexibility index (Phi) is 11.4. The minimum atomic E-state index is -0.380. The first kappa shape index (κ1) is 41.9. The molecule has 2 N–H and O–H groups in total. The van der Waals surface area contributed by atoms with Crippen molar-refractivity contribution in [3.05, 3.63) is 84.4 Å². The van der Waals surface area contributed by atoms with Crippen LogP contribution in [0.5, 0.6) is 5.75 Å². The molecule has 0 spiro atoms. The molecule has 4 aromatic heterocycles. The molecule has 9 rings (SSSR count). The number of amides is 4. The molecule has 1 aromatic carbocycles. The zero-order chi connectivity index (χ0) is 41.8. The Morgan fingerprint density at radius 1 is 0.902 bits per heavy atom. The van der Waals surface area contributed by atoms with E-state index in [-0.39, 0.29) is 59.6 Å². The number of nitrogens with zero attached hydrogens (tertiary/aromatic N) is 8. The van der Waals surface area contributed by atoms with E-state index in [1.807, 2.05) is 42.5 Å². The van der Waals surface area contributed by atoms with Crippen LogP contribution in [0.4, 0.5) is 16.3 Å². The number of pyridine rings is 3. The maximum absolute atomic E-state index is 13.6. The number of nitriles is 1. The average molecular weight is 845 g/mol. The van der Waals surface area contributed by atoms with Gasteiger partial charge < -0.3 is 24.4 Å². The third-order valence-corrected chi connectivity index (χ3v) is 13.6. The first-order chi connectivity index (χ1) is 28.9. The number of rotatable bonds is 9. The number of carbonyl (C=O) groups excluding carboxylic acids is 3. The van der Waals surface area contributed by atoms with Gasteiger partial charge in [-0.05, 0) is 80.1 Å². The van der Waals surface area contributed by atoms with Crippen LogP contribution in [0.1, 0.15) is 81.8 Å². The Hall–Kier alpha value is -5.78. The number of halogens is 1. The first-order valence-electron chi connectivity index (χ1n) is 21.2. The highest BCUT2D eigenvalue weighted by Gasteiger charge is 2.64. The quantitative estimate of drug-likeness (QED) is 0.160. The summed E-state index contributed by atoms with van der Waals surface area (Å²) < 4.78 is 8.92. The zero-order valence-electron chi connectivity index (χ0n) is 35.1. The fourth-order valence-corrected chi connectivity index (χ4v) is 10.6. The maximum atomic E-state index is 13.6. The van der Waals surface area contributed by atoms with Gasteiger partial charge in [0, 0.05) is 104 Å². The van der Waals surface area contributed by atoms with Crippen LogP contribution in [0, 0.1) is 28.1 Å². The van der Waals surface area contributed by atoms with Crippen LogP contribution in [0.3, 0.4) is 0 Å². The predicted octanol–water partition coefficient (Wildman–Crippen LogP) is 6.88. The van der Waals surface area contributed by atoms with Gasteiger partial charge in [-0.2, -0.15) is 5.26 Å². The van der Waals surface area contributed by atoms with Crippen LogP contribution in [0.2, 0.25) is 0 Å². The largest absolute Gasteiger partial charge is 0.488 e. The fraction of sp³-hybridized carbons (Fsp3) is 0.457. The van der Waals surface area contributed by atoms with Crippen molar-refractivity contribution in [2.45, 2.75) is 78.0 Å². The van der Waals surface area contributed by atoms with E-state index in [9.17, 15) is 19.6 Å². The van der Waals surface area contributed by atoms with Gasteiger partial charge in [-0.15, -0.1) is 12.4 Å². The Bertz CT molecular complexity index is 2480. The van der Waals surface area contributed by atoms with E-state index in [0.717, 1.165) is 86.3 Å². The second kappa shape index (κ2) is 16.6. The predicted molar refractivity (Wildman–Crippen MR) is 236 cm³/mol. The van der Waals surface area contributed by atoms with Crippen LogP contribution < -0.4 is 25.2 Å². The molecule has 318 valence electrons. The third-order valence-electron chi connectivity index (χ3n) is 13.6. The average Bonchev–Trinajstić information content (AvgIpc) is 3.70. The lowest BCUT2D eigenvalue weighted by Gasteiger charge is -2.63. The summed E-state index contributed by atoms with van der Waals surface area (Å²) >= 11 is 0. The van der Waals surface area contributed by atoms with Gasteiger partial charge in [-0.25, -0.2) is 14.8 Å². The molecule has 7 heterocycles. The van der Waals surface area contributed by atoms with Crippen molar-refractivity contribution in [3.8, 4) is 11.8 Å². The van der Waals surface area contributed by atoms with Gasteiger partial charge in [0.2, 0.25) is 5.91 Å². The zero-order valence-corrected chi connectivity index (χ0v) is 36.0. The molecule has 1 aliphatic carbocycles. The molecule has 4 amide bonds. The molecule has 0 atom stereocenters. The third kappa shape index (κ3) is 7.74. The molecule has 4 aliphatic rings. The van der Waals surface area contributed by atoms with Gasteiger partial charge in [0.1, 0.15) is 29.4 Å². The van der Waals surface area contributed by atoms with Crippen molar-refractivity contribution < 1.29 is 19.1 Å². The molecule has 4 fully saturated rings. The molecule has 0 radical (unpaired) electrons. The van der Waals surface area contributed by atoms with E-state index in [1.54, 1.807) is 29.6 Å². The number of piperidine rings is 2. The molecule has 61 heavy (non-hydrogen) atoms. The maximum Gasteiger partial charge on any atom is 0.328 e. The van der Waals surface area contributed by atoms with E-state index in [1.165, 1.54) is 0 Å². The summed E-state index contributed by atoms with van der Waals surface area (Å²) in [6.45, 7) is 13.9. The monoisotopic (exact) mass is 844 g/mol. The molecule has 14 nitrogen and oxygen atoms in total. The number of benzene rings is 1. The number of fused-ring (bicyclic) bond motifs is 2. The highest BCUT2D eigenvalue weighted by molar-refractivity contribution is 6.09. The second-order valence-corrected chi connectivity index (χ2v) is 18.1. The lowest BCUT2D eigenvalue weighted by molar-refractivity contribution is -0.163. The van der Waals surface area contributed by atoms with Gasteiger partial charge in [0.15, 0.2) is 0 Å². The number of nitrogens with one attached hydrogen (secondary N) is 2. The number of imide groups is 1. The normalized spacial score (nSPS) is 22.0. The van der Waals surface area contributed by atoms with Gasteiger partial charge in [0.05, 0.1) is 22.3 Å².